The largest absolute Gasteiger partial charge is 0.389 e. The molecule has 0 bridgehead atoms. The Morgan fingerprint density at radius 1 is 1.06 bits per heavy atom. The van der Waals surface area contributed by atoms with E-state index in [2.05, 4.69) is 39.1 Å². The average Bonchev–Trinajstić information content (AvgIpc) is 2.24. The lowest BCUT2D eigenvalue weighted by Gasteiger charge is -2.19. The third kappa shape index (κ3) is 4.11. The van der Waals surface area contributed by atoms with Crippen molar-refractivity contribution in [2.75, 3.05) is 13.1 Å². The number of rotatable bonds is 5. The molecule has 102 valence electrons. The Kier molecular flexibility index (Phi) is 4.94. The number of aliphatic hydroxyl groups is 1. The van der Waals surface area contributed by atoms with E-state index in [0.717, 1.165) is 13.0 Å². The first-order valence-corrected chi connectivity index (χ1v) is 6.72. The van der Waals surface area contributed by atoms with Crippen molar-refractivity contribution >= 4 is 0 Å². The predicted molar refractivity (Wildman–Crippen MR) is 78.3 cm³/mol. The van der Waals surface area contributed by atoms with E-state index in [1.807, 2.05) is 13.8 Å². The molecule has 0 atom stereocenters. The van der Waals surface area contributed by atoms with Crippen LogP contribution in [0.4, 0.5) is 0 Å². The summed E-state index contributed by atoms with van der Waals surface area (Å²) in [5.74, 6) is 0. The summed E-state index contributed by atoms with van der Waals surface area (Å²) in [6.45, 7) is 14.0. The van der Waals surface area contributed by atoms with E-state index in [1.165, 1.54) is 27.8 Å². The number of hydrogen-bond donors (Lipinski definition) is 2. The number of aryl methyl sites for hydroxylation is 2. The second-order valence-corrected chi connectivity index (χ2v) is 5.98. The van der Waals surface area contributed by atoms with Crippen LogP contribution in [0.3, 0.4) is 0 Å². The van der Waals surface area contributed by atoms with Crippen molar-refractivity contribution in [3.63, 3.8) is 0 Å². The fraction of sp³-hybridized carbons (Fsp3) is 0.625. The third-order valence-corrected chi connectivity index (χ3v) is 3.63. The van der Waals surface area contributed by atoms with Gasteiger partial charge in [-0.3, -0.25) is 0 Å². The molecule has 0 saturated carbocycles. The summed E-state index contributed by atoms with van der Waals surface area (Å²) in [6, 6.07) is 2.26. The van der Waals surface area contributed by atoms with Crippen molar-refractivity contribution in [3.05, 3.63) is 33.9 Å². The molecule has 0 heterocycles. The smallest absolute Gasteiger partial charge is 0.0715 e. The molecule has 0 spiro atoms. The first kappa shape index (κ1) is 15.2. The highest BCUT2D eigenvalue weighted by Crippen LogP contribution is 2.21. The molecule has 2 N–H and O–H groups in total. The molecule has 0 aliphatic heterocycles. The Morgan fingerprint density at radius 2 is 1.56 bits per heavy atom. The lowest BCUT2D eigenvalue weighted by atomic mass is 9.92. The molecule has 0 aromatic heterocycles. The van der Waals surface area contributed by atoms with Crippen LogP contribution in [0, 0.1) is 27.7 Å². The minimum Gasteiger partial charge on any atom is -0.389 e. The zero-order chi connectivity index (χ0) is 13.9. The molecule has 0 radical (unpaired) electrons. The van der Waals surface area contributed by atoms with Gasteiger partial charge in [-0.1, -0.05) is 6.07 Å². The van der Waals surface area contributed by atoms with E-state index in [4.69, 9.17) is 0 Å². The molecule has 1 aromatic carbocycles. The highest BCUT2D eigenvalue weighted by Gasteiger charge is 2.12. The maximum Gasteiger partial charge on any atom is 0.0715 e. The van der Waals surface area contributed by atoms with E-state index in [0.29, 0.717) is 6.54 Å². The Morgan fingerprint density at radius 3 is 2.00 bits per heavy atom. The lowest BCUT2D eigenvalue weighted by Crippen LogP contribution is -2.35. The molecule has 0 fully saturated rings. The van der Waals surface area contributed by atoms with Crippen LogP contribution in [0.5, 0.6) is 0 Å². The molecular weight excluding hydrogens is 222 g/mol. The monoisotopic (exact) mass is 249 g/mol. The van der Waals surface area contributed by atoms with Crippen molar-refractivity contribution in [1.29, 1.82) is 0 Å². The van der Waals surface area contributed by atoms with Crippen LogP contribution in [0.1, 0.15) is 41.7 Å². The van der Waals surface area contributed by atoms with Crippen LogP contribution >= 0.6 is 0 Å². The van der Waals surface area contributed by atoms with Gasteiger partial charge in [0.25, 0.3) is 0 Å². The molecule has 1 aromatic rings. The van der Waals surface area contributed by atoms with Gasteiger partial charge in [0.1, 0.15) is 0 Å². The Hall–Kier alpha value is -0.860. The van der Waals surface area contributed by atoms with E-state index in [1.54, 1.807) is 0 Å². The predicted octanol–water partition coefficient (Wildman–Crippen LogP) is 2.82. The van der Waals surface area contributed by atoms with Crippen LogP contribution in [-0.4, -0.2) is 23.8 Å². The molecular formula is C16H27NO. The number of nitrogens with one attached hydrogen (secondary N) is 1. The Labute approximate surface area is 111 Å². The molecule has 0 saturated heterocycles. The van der Waals surface area contributed by atoms with Gasteiger partial charge < -0.3 is 10.4 Å². The van der Waals surface area contributed by atoms with Gasteiger partial charge in [0.05, 0.1) is 5.60 Å². The minimum atomic E-state index is -0.632. The zero-order valence-electron chi connectivity index (χ0n) is 12.6. The highest BCUT2D eigenvalue weighted by molar-refractivity contribution is 5.44. The summed E-state index contributed by atoms with van der Waals surface area (Å²) in [6.07, 6.45) is 1.02. The highest BCUT2D eigenvalue weighted by atomic mass is 16.3. The maximum atomic E-state index is 9.65. The van der Waals surface area contributed by atoms with Crippen molar-refractivity contribution in [2.24, 2.45) is 0 Å². The van der Waals surface area contributed by atoms with Gasteiger partial charge in [0, 0.05) is 6.54 Å². The van der Waals surface area contributed by atoms with E-state index >= 15 is 0 Å². The van der Waals surface area contributed by atoms with Gasteiger partial charge in [0.15, 0.2) is 0 Å². The fourth-order valence-electron chi connectivity index (χ4n) is 2.28. The maximum absolute atomic E-state index is 9.65. The van der Waals surface area contributed by atoms with E-state index < -0.39 is 5.60 Å². The third-order valence-electron chi connectivity index (χ3n) is 3.63. The van der Waals surface area contributed by atoms with Crippen LogP contribution < -0.4 is 5.32 Å². The first-order valence-electron chi connectivity index (χ1n) is 6.72. The van der Waals surface area contributed by atoms with E-state index in [9.17, 15) is 5.11 Å². The average molecular weight is 249 g/mol. The fourth-order valence-corrected chi connectivity index (χ4v) is 2.28. The molecule has 1 rings (SSSR count). The second-order valence-electron chi connectivity index (χ2n) is 5.98. The summed E-state index contributed by atoms with van der Waals surface area (Å²) in [4.78, 5) is 0. The van der Waals surface area contributed by atoms with Crippen molar-refractivity contribution < 1.29 is 5.11 Å². The minimum absolute atomic E-state index is 0.632. The summed E-state index contributed by atoms with van der Waals surface area (Å²) in [5, 5.41) is 13.0. The van der Waals surface area contributed by atoms with Crippen LogP contribution in [-0.2, 0) is 6.42 Å². The second kappa shape index (κ2) is 5.85. The molecule has 0 aliphatic rings. The summed E-state index contributed by atoms with van der Waals surface area (Å²) in [5.41, 5.74) is 6.38. The number of hydrogen-bond acceptors (Lipinski definition) is 2. The molecule has 0 aliphatic carbocycles. The number of benzene rings is 1. The van der Waals surface area contributed by atoms with Crippen molar-refractivity contribution in [2.45, 2.75) is 53.6 Å². The normalized spacial score (nSPS) is 11.9. The van der Waals surface area contributed by atoms with Crippen molar-refractivity contribution in [3.8, 4) is 0 Å². The summed E-state index contributed by atoms with van der Waals surface area (Å²) >= 11 is 0. The van der Waals surface area contributed by atoms with Gasteiger partial charge in [0.2, 0.25) is 0 Å². The van der Waals surface area contributed by atoms with Gasteiger partial charge >= 0.3 is 0 Å². The molecule has 18 heavy (non-hydrogen) atoms. The summed E-state index contributed by atoms with van der Waals surface area (Å²) in [7, 11) is 0. The molecule has 2 nitrogen and oxygen atoms in total. The van der Waals surface area contributed by atoms with Crippen LogP contribution in [0.2, 0.25) is 0 Å². The molecule has 0 amide bonds. The van der Waals surface area contributed by atoms with Crippen molar-refractivity contribution in [1.82, 2.24) is 5.32 Å². The first-order chi connectivity index (χ1) is 8.22. The van der Waals surface area contributed by atoms with Crippen LogP contribution in [0.25, 0.3) is 0 Å². The topological polar surface area (TPSA) is 32.3 Å². The van der Waals surface area contributed by atoms with Gasteiger partial charge in [-0.2, -0.15) is 0 Å². The van der Waals surface area contributed by atoms with Gasteiger partial charge in [-0.05, 0) is 82.3 Å². The Bertz CT molecular complexity index is 390. The van der Waals surface area contributed by atoms with E-state index in [-0.39, 0.29) is 0 Å². The SMILES string of the molecule is Cc1cc(C)c(C)c(CCNCC(C)(C)O)c1C. The van der Waals surface area contributed by atoms with Gasteiger partial charge in [-0.25, -0.2) is 0 Å². The molecule has 2 heteroatoms. The lowest BCUT2D eigenvalue weighted by molar-refractivity contribution is 0.0801. The Balaban J connectivity index is 2.68. The zero-order valence-corrected chi connectivity index (χ0v) is 12.6. The molecule has 0 unspecified atom stereocenters. The van der Waals surface area contributed by atoms with Crippen LogP contribution in [0.15, 0.2) is 6.07 Å². The summed E-state index contributed by atoms with van der Waals surface area (Å²) < 4.78 is 0. The quantitative estimate of drug-likeness (QED) is 0.787. The van der Waals surface area contributed by atoms with Gasteiger partial charge in [-0.15, -0.1) is 0 Å². The standard InChI is InChI=1S/C16H27NO/c1-11-9-12(2)14(4)15(13(11)3)7-8-17-10-16(5,6)18/h9,17-18H,7-8,10H2,1-6H3.